The zero-order valence-corrected chi connectivity index (χ0v) is 35.7. The molecule has 10 heteroatoms. The van der Waals surface area contributed by atoms with E-state index < -0.39 is 36.3 Å². The minimum Gasteiger partial charge on any atom is -0.388 e. The number of ether oxygens (including phenoxy) is 1. The van der Waals surface area contributed by atoms with Crippen molar-refractivity contribution in [3.8, 4) is 0 Å². The number of carbonyl (C=O) groups excluding carboxylic acids is 2. The van der Waals surface area contributed by atoms with Crippen LogP contribution in [0.5, 0.6) is 0 Å². The second-order valence-corrected chi connectivity index (χ2v) is 16.2. The summed E-state index contributed by atoms with van der Waals surface area (Å²) < 4.78 is 6.14. The SMILES string of the molecule is CCCCCCCCCCCCCCCCCCN(C(=O)CCCCCCCCCCC)[C@]1(N)O[C@H](CC(=O)[C@@H](N)Cc2ccccc2)[C@@H](O)[C@H](O)[C@H]1O.Cl. The van der Waals surface area contributed by atoms with Crippen molar-refractivity contribution in [2.24, 2.45) is 11.5 Å². The third-order valence-corrected chi connectivity index (χ3v) is 11.4. The van der Waals surface area contributed by atoms with Crippen LogP contribution in [0.1, 0.15) is 193 Å². The number of amides is 1. The fourth-order valence-electron chi connectivity index (χ4n) is 7.78. The summed E-state index contributed by atoms with van der Waals surface area (Å²) in [6.07, 6.45) is 23.7. The maximum absolute atomic E-state index is 13.8. The second-order valence-electron chi connectivity index (χ2n) is 16.2. The van der Waals surface area contributed by atoms with Crippen LogP contribution < -0.4 is 11.5 Å². The Kier molecular flexibility index (Phi) is 29.4. The van der Waals surface area contributed by atoms with E-state index in [9.17, 15) is 24.9 Å². The van der Waals surface area contributed by atoms with Crippen molar-refractivity contribution in [3.63, 3.8) is 0 Å². The van der Waals surface area contributed by atoms with Crippen molar-refractivity contribution in [3.05, 3.63) is 35.9 Å². The minimum atomic E-state index is -2.10. The molecule has 0 saturated carbocycles. The van der Waals surface area contributed by atoms with E-state index >= 15 is 0 Å². The Labute approximate surface area is 341 Å². The number of unbranched alkanes of at least 4 members (excludes halogenated alkanes) is 23. The predicted molar refractivity (Wildman–Crippen MR) is 228 cm³/mol. The van der Waals surface area contributed by atoms with Gasteiger partial charge in [-0.3, -0.25) is 20.2 Å². The van der Waals surface area contributed by atoms with Crippen LogP contribution in [0.15, 0.2) is 30.3 Å². The maximum Gasteiger partial charge on any atom is 0.227 e. The molecular weight excluding hydrogens is 714 g/mol. The van der Waals surface area contributed by atoms with Crippen LogP contribution in [-0.2, 0) is 20.7 Å². The summed E-state index contributed by atoms with van der Waals surface area (Å²) in [5.74, 6) is -2.71. The van der Waals surface area contributed by atoms with Crippen LogP contribution in [0.2, 0.25) is 0 Å². The van der Waals surface area contributed by atoms with E-state index in [1.54, 1.807) is 0 Å². The molecule has 0 aromatic heterocycles. The van der Waals surface area contributed by atoms with Crippen molar-refractivity contribution in [1.82, 2.24) is 4.90 Å². The molecule has 1 saturated heterocycles. The van der Waals surface area contributed by atoms with Gasteiger partial charge in [-0.25, -0.2) is 0 Å². The Morgan fingerprint density at radius 2 is 1.09 bits per heavy atom. The first-order valence-electron chi connectivity index (χ1n) is 22.3. The second kappa shape index (κ2) is 31.4. The normalized spacial score (nSPS) is 21.6. The Bertz CT molecular complexity index is 1100. The van der Waals surface area contributed by atoms with Gasteiger partial charge in [0.05, 0.1) is 12.1 Å². The Balaban J connectivity index is 0.0000151. The highest BCUT2D eigenvalue weighted by atomic mass is 35.5. The number of ketones is 1. The number of benzene rings is 1. The lowest BCUT2D eigenvalue weighted by atomic mass is 9.89. The smallest absolute Gasteiger partial charge is 0.227 e. The van der Waals surface area contributed by atoms with Crippen LogP contribution in [0.3, 0.4) is 0 Å². The monoisotopic (exact) mass is 796 g/mol. The summed E-state index contributed by atoms with van der Waals surface area (Å²) in [6.45, 7) is 4.73. The summed E-state index contributed by atoms with van der Waals surface area (Å²) in [6, 6.07) is 8.56. The number of hydrogen-bond donors (Lipinski definition) is 5. The zero-order chi connectivity index (χ0) is 39.4. The first-order chi connectivity index (χ1) is 26.2. The Morgan fingerprint density at radius 3 is 1.55 bits per heavy atom. The summed E-state index contributed by atoms with van der Waals surface area (Å²) in [7, 11) is 0. The van der Waals surface area contributed by atoms with Crippen LogP contribution >= 0.6 is 12.4 Å². The molecule has 1 aromatic rings. The van der Waals surface area contributed by atoms with Gasteiger partial charge in [0.1, 0.15) is 18.3 Å². The van der Waals surface area contributed by atoms with Crippen molar-refractivity contribution in [2.75, 3.05) is 6.54 Å². The van der Waals surface area contributed by atoms with E-state index in [0.29, 0.717) is 19.3 Å². The summed E-state index contributed by atoms with van der Waals surface area (Å²) in [5, 5.41) is 33.1. The van der Waals surface area contributed by atoms with E-state index in [1.165, 1.54) is 114 Å². The van der Waals surface area contributed by atoms with Gasteiger partial charge >= 0.3 is 0 Å². The molecule has 1 heterocycles. The van der Waals surface area contributed by atoms with Crippen molar-refractivity contribution < 1.29 is 29.6 Å². The Hall–Kier alpha value is -1.59. The molecule has 0 spiro atoms. The highest BCUT2D eigenvalue weighted by Crippen LogP contribution is 2.32. The first kappa shape index (κ1) is 51.4. The standard InChI is InChI=1S/C45H81N3O6.ClH/c1-3-5-7-9-11-13-14-15-16-17-18-19-21-23-25-30-34-48(41(50)33-29-24-22-20-12-10-8-6-4-2)45(47)44(53)43(52)42(51)40(54-45)36-39(49)38(46)35-37-31-27-26-28-32-37;/h26-28,31-32,38,40,42-44,51-53H,3-25,29-30,33-36,46-47H2,1-2H3;1H/t38-,40+,42+,43-,44+,45-;/m0./s1. The molecular formula is C45H82ClN3O6. The number of aliphatic hydroxyl groups excluding tert-OH is 3. The fourth-order valence-corrected chi connectivity index (χ4v) is 7.78. The highest BCUT2D eigenvalue weighted by molar-refractivity contribution is 5.85. The van der Waals surface area contributed by atoms with Gasteiger partial charge < -0.3 is 25.8 Å². The topological polar surface area (TPSA) is 159 Å². The summed E-state index contributed by atoms with van der Waals surface area (Å²) in [4.78, 5) is 28.4. The highest BCUT2D eigenvalue weighted by Gasteiger charge is 2.56. The lowest BCUT2D eigenvalue weighted by molar-refractivity contribution is -0.309. The van der Waals surface area contributed by atoms with Gasteiger partial charge in [-0.05, 0) is 24.8 Å². The molecule has 55 heavy (non-hydrogen) atoms. The minimum absolute atomic E-state index is 0. The predicted octanol–water partition coefficient (Wildman–Crippen LogP) is 9.04. The van der Waals surface area contributed by atoms with Crippen molar-refractivity contribution in [2.45, 2.75) is 230 Å². The number of nitrogens with zero attached hydrogens (tertiary/aromatic N) is 1. The molecule has 2 rings (SSSR count). The summed E-state index contributed by atoms with van der Waals surface area (Å²) in [5.41, 5.74) is 13.9. The fraction of sp³-hybridized carbons (Fsp3) is 0.822. The van der Waals surface area contributed by atoms with E-state index in [1.807, 2.05) is 30.3 Å². The average molecular weight is 797 g/mol. The number of carbonyl (C=O) groups is 2. The molecule has 1 fully saturated rings. The number of aliphatic hydroxyl groups is 3. The van der Waals surface area contributed by atoms with E-state index in [-0.39, 0.29) is 43.5 Å². The quantitative estimate of drug-likeness (QED) is 0.0348. The molecule has 0 aliphatic carbocycles. The largest absolute Gasteiger partial charge is 0.388 e. The van der Waals surface area contributed by atoms with Crippen LogP contribution in [-0.4, -0.2) is 74.8 Å². The van der Waals surface area contributed by atoms with Crippen molar-refractivity contribution in [1.29, 1.82) is 0 Å². The summed E-state index contributed by atoms with van der Waals surface area (Å²) >= 11 is 0. The third-order valence-electron chi connectivity index (χ3n) is 11.4. The van der Waals surface area contributed by atoms with Gasteiger partial charge in [-0.15, -0.1) is 12.4 Å². The lowest BCUT2D eigenvalue weighted by Crippen LogP contribution is -2.76. The van der Waals surface area contributed by atoms with E-state index in [2.05, 4.69) is 13.8 Å². The molecule has 320 valence electrons. The van der Waals surface area contributed by atoms with Crippen LogP contribution in [0.25, 0.3) is 0 Å². The number of nitrogens with two attached hydrogens (primary N) is 2. The van der Waals surface area contributed by atoms with Crippen LogP contribution in [0.4, 0.5) is 0 Å². The molecule has 9 nitrogen and oxygen atoms in total. The lowest BCUT2D eigenvalue weighted by Gasteiger charge is -2.51. The van der Waals surface area contributed by atoms with Gasteiger partial charge in [-0.2, -0.15) is 0 Å². The molecule has 0 unspecified atom stereocenters. The van der Waals surface area contributed by atoms with Gasteiger partial charge in [-0.1, -0.05) is 192 Å². The average Bonchev–Trinajstić information content (AvgIpc) is 3.17. The number of rotatable bonds is 33. The molecule has 6 atom stereocenters. The molecule has 1 amide bonds. The molecule has 0 radical (unpaired) electrons. The number of halogens is 1. The zero-order valence-electron chi connectivity index (χ0n) is 34.9. The first-order valence-corrected chi connectivity index (χ1v) is 22.3. The molecule has 1 aliphatic heterocycles. The molecule has 1 aliphatic rings. The van der Waals surface area contributed by atoms with Crippen molar-refractivity contribution >= 4 is 24.1 Å². The van der Waals surface area contributed by atoms with Gasteiger partial charge in [0.15, 0.2) is 5.78 Å². The third kappa shape index (κ3) is 20.6. The van der Waals surface area contributed by atoms with Crippen LogP contribution in [0, 0.1) is 0 Å². The van der Waals surface area contributed by atoms with E-state index in [4.69, 9.17) is 16.2 Å². The maximum atomic E-state index is 13.8. The van der Waals surface area contributed by atoms with Gasteiger partial charge in [0.2, 0.25) is 11.8 Å². The molecule has 0 bridgehead atoms. The molecule has 1 aromatic carbocycles. The van der Waals surface area contributed by atoms with Gasteiger partial charge in [0.25, 0.3) is 0 Å². The number of hydrogen-bond acceptors (Lipinski definition) is 8. The molecule has 7 N–H and O–H groups in total. The van der Waals surface area contributed by atoms with E-state index in [0.717, 1.165) is 44.1 Å². The van der Waals surface area contributed by atoms with Gasteiger partial charge in [0, 0.05) is 19.4 Å². The number of Topliss-reactive ketones (excluding diaryl/α,β-unsaturated/α-hetero) is 1. The Morgan fingerprint density at radius 1 is 0.673 bits per heavy atom.